The molecule has 0 aromatic heterocycles. The molecule has 178 valence electrons. The molecule has 3 aromatic rings. The summed E-state index contributed by atoms with van der Waals surface area (Å²) in [6, 6.07) is 14.9. The highest BCUT2D eigenvalue weighted by Crippen LogP contribution is 2.32. The normalized spacial score (nSPS) is 11.1. The number of ether oxygens (including phenoxy) is 3. The number of sulfonamides is 1. The monoisotopic (exact) mass is 486 g/mol. The molecule has 12 heteroatoms. The Bertz CT molecular complexity index is 1330. The van der Waals surface area contributed by atoms with Crippen molar-refractivity contribution in [1.29, 1.82) is 0 Å². The molecule has 0 atom stereocenters. The first-order valence-corrected chi connectivity index (χ1v) is 11.2. The molecule has 0 spiro atoms. The molecule has 2 N–H and O–H groups in total. The molecular formula is C22H22N4O7S. The van der Waals surface area contributed by atoms with Crippen molar-refractivity contribution in [2.45, 2.75) is 4.90 Å². The number of nitro groups is 1. The van der Waals surface area contributed by atoms with Gasteiger partial charge in [-0.15, -0.1) is 0 Å². The molecule has 34 heavy (non-hydrogen) atoms. The summed E-state index contributed by atoms with van der Waals surface area (Å²) in [7, 11) is 0.110. The number of methoxy groups -OCH3 is 3. The second-order valence-electron chi connectivity index (χ2n) is 6.70. The van der Waals surface area contributed by atoms with Crippen LogP contribution in [-0.2, 0) is 10.0 Å². The van der Waals surface area contributed by atoms with E-state index in [4.69, 9.17) is 14.2 Å². The number of rotatable bonds is 10. The molecule has 0 saturated carbocycles. The van der Waals surface area contributed by atoms with Gasteiger partial charge in [-0.3, -0.25) is 20.3 Å². The summed E-state index contributed by atoms with van der Waals surface area (Å²) in [4.78, 5) is 10.2. The summed E-state index contributed by atoms with van der Waals surface area (Å²) in [6.45, 7) is 0. The summed E-state index contributed by atoms with van der Waals surface area (Å²) in [5.41, 5.74) is 2.99. The number of hydrogen-bond donors (Lipinski definition) is 2. The van der Waals surface area contributed by atoms with Crippen LogP contribution in [0.4, 0.5) is 17.1 Å². The fourth-order valence-corrected chi connectivity index (χ4v) is 4.30. The Morgan fingerprint density at radius 2 is 1.62 bits per heavy atom. The van der Waals surface area contributed by atoms with Crippen LogP contribution >= 0.6 is 0 Å². The van der Waals surface area contributed by atoms with Crippen LogP contribution in [0.25, 0.3) is 0 Å². The maximum atomic E-state index is 13.2. The van der Waals surface area contributed by atoms with Gasteiger partial charge in [0.1, 0.15) is 10.6 Å². The van der Waals surface area contributed by atoms with Crippen LogP contribution in [0.1, 0.15) is 5.56 Å². The number of nitro benzene ring substituents is 1. The van der Waals surface area contributed by atoms with Gasteiger partial charge in [-0.25, -0.2) is 8.42 Å². The molecule has 0 radical (unpaired) electrons. The van der Waals surface area contributed by atoms with Crippen LogP contribution in [0.3, 0.4) is 0 Å². The molecular weight excluding hydrogens is 464 g/mol. The zero-order chi connectivity index (χ0) is 24.7. The van der Waals surface area contributed by atoms with Gasteiger partial charge in [0.25, 0.3) is 15.7 Å². The number of hydrogen-bond acceptors (Lipinski definition) is 9. The van der Waals surface area contributed by atoms with Gasteiger partial charge in [0, 0.05) is 17.7 Å². The highest BCUT2D eigenvalue weighted by atomic mass is 32.2. The Hall–Kier alpha value is -4.32. The highest BCUT2D eigenvalue weighted by molar-refractivity contribution is 7.93. The number of para-hydroxylation sites is 3. The van der Waals surface area contributed by atoms with Gasteiger partial charge in [-0.1, -0.05) is 18.2 Å². The van der Waals surface area contributed by atoms with Gasteiger partial charge in [0.2, 0.25) is 0 Å². The lowest BCUT2D eigenvalue weighted by molar-refractivity contribution is -0.385. The van der Waals surface area contributed by atoms with E-state index in [1.807, 2.05) is 0 Å². The van der Waals surface area contributed by atoms with E-state index in [0.29, 0.717) is 17.1 Å². The Balaban J connectivity index is 1.98. The third kappa shape index (κ3) is 5.35. The van der Waals surface area contributed by atoms with Gasteiger partial charge in [-0.05, 0) is 30.3 Å². The number of nitrogens with zero attached hydrogens (tertiary/aromatic N) is 2. The lowest BCUT2D eigenvalue weighted by atomic mass is 10.2. The molecule has 11 nitrogen and oxygen atoms in total. The smallest absolute Gasteiger partial charge is 0.270 e. The SMILES string of the molecule is COc1ccccc1NS(=O)(=O)c1cc([N+](=O)[O-])ccc1N/N=C/c1cccc(OC)c1OC. The minimum Gasteiger partial charge on any atom is -0.495 e. The second kappa shape index (κ2) is 10.5. The number of benzene rings is 3. The fraction of sp³-hybridized carbons (Fsp3) is 0.136. The number of hydrazone groups is 1. The Labute approximate surface area is 196 Å². The van der Waals surface area contributed by atoms with Crippen molar-refractivity contribution < 1.29 is 27.6 Å². The molecule has 0 heterocycles. The van der Waals surface area contributed by atoms with E-state index in [-0.39, 0.29) is 22.0 Å². The molecule has 0 unspecified atom stereocenters. The van der Waals surface area contributed by atoms with Crippen LogP contribution in [0.2, 0.25) is 0 Å². The highest BCUT2D eigenvalue weighted by Gasteiger charge is 2.24. The average molecular weight is 487 g/mol. The lowest BCUT2D eigenvalue weighted by Gasteiger charge is -2.14. The summed E-state index contributed by atoms with van der Waals surface area (Å²) < 4.78 is 44.5. The summed E-state index contributed by atoms with van der Waals surface area (Å²) in [6.07, 6.45) is 1.41. The maximum absolute atomic E-state index is 13.2. The van der Waals surface area contributed by atoms with E-state index in [9.17, 15) is 18.5 Å². The van der Waals surface area contributed by atoms with Crippen molar-refractivity contribution in [3.8, 4) is 17.2 Å². The van der Waals surface area contributed by atoms with Crippen LogP contribution in [0, 0.1) is 10.1 Å². The Morgan fingerprint density at radius 1 is 0.912 bits per heavy atom. The zero-order valence-corrected chi connectivity index (χ0v) is 19.3. The number of nitrogens with one attached hydrogen (secondary N) is 2. The molecule has 0 aliphatic heterocycles. The molecule has 3 rings (SSSR count). The predicted octanol–water partition coefficient (Wildman–Crippen LogP) is 3.87. The van der Waals surface area contributed by atoms with Crippen LogP contribution in [0.5, 0.6) is 17.2 Å². The third-order valence-electron chi connectivity index (χ3n) is 4.64. The zero-order valence-electron chi connectivity index (χ0n) is 18.5. The van der Waals surface area contributed by atoms with E-state index in [2.05, 4.69) is 15.2 Å². The Kier molecular flexibility index (Phi) is 7.53. The van der Waals surface area contributed by atoms with Crippen molar-refractivity contribution in [2.75, 3.05) is 31.5 Å². The van der Waals surface area contributed by atoms with Crippen molar-refractivity contribution in [3.05, 3.63) is 76.3 Å². The third-order valence-corrected chi connectivity index (χ3v) is 6.04. The molecule has 0 aliphatic carbocycles. The maximum Gasteiger partial charge on any atom is 0.270 e. The molecule has 0 bridgehead atoms. The Morgan fingerprint density at radius 3 is 2.29 bits per heavy atom. The lowest BCUT2D eigenvalue weighted by Crippen LogP contribution is -2.15. The topological polar surface area (TPSA) is 141 Å². The summed E-state index contributed by atoms with van der Waals surface area (Å²) >= 11 is 0. The largest absolute Gasteiger partial charge is 0.495 e. The van der Waals surface area contributed by atoms with E-state index >= 15 is 0 Å². The number of anilines is 2. The van der Waals surface area contributed by atoms with Crippen LogP contribution in [-0.4, -0.2) is 40.9 Å². The summed E-state index contributed by atoms with van der Waals surface area (Å²) in [5, 5.41) is 15.4. The molecule has 0 aliphatic rings. The first-order valence-electron chi connectivity index (χ1n) is 9.75. The van der Waals surface area contributed by atoms with Crippen LogP contribution in [0.15, 0.2) is 70.7 Å². The first kappa shape index (κ1) is 24.3. The fourth-order valence-electron chi connectivity index (χ4n) is 3.05. The van der Waals surface area contributed by atoms with Gasteiger partial charge in [0.05, 0.1) is 43.8 Å². The quantitative estimate of drug-likeness (QED) is 0.250. The molecule has 0 saturated heterocycles. The van der Waals surface area contributed by atoms with Crippen LogP contribution < -0.4 is 24.4 Å². The molecule has 0 amide bonds. The van der Waals surface area contributed by atoms with E-state index < -0.39 is 20.6 Å². The minimum absolute atomic E-state index is 0.0195. The van der Waals surface area contributed by atoms with E-state index in [1.54, 1.807) is 36.4 Å². The van der Waals surface area contributed by atoms with Gasteiger partial charge in [0.15, 0.2) is 11.5 Å². The second-order valence-corrected chi connectivity index (χ2v) is 8.35. The van der Waals surface area contributed by atoms with Gasteiger partial charge >= 0.3 is 0 Å². The van der Waals surface area contributed by atoms with Crippen molar-refractivity contribution in [1.82, 2.24) is 0 Å². The molecule has 0 fully saturated rings. The first-order chi connectivity index (χ1) is 16.3. The minimum atomic E-state index is -4.27. The van der Waals surface area contributed by atoms with E-state index in [1.165, 1.54) is 45.7 Å². The standard InChI is InChI=1S/C22H22N4O7S/c1-31-19-9-5-4-8-17(19)25-34(29,30)21-13-16(26(27)28)11-12-18(21)24-23-14-15-7-6-10-20(32-2)22(15)33-3/h4-14,24-25H,1-3H3/b23-14+. The predicted molar refractivity (Wildman–Crippen MR) is 128 cm³/mol. The van der Waals surface area contributed by atoms with Crippen molar-refractivity contribution >= 4 is 33.3 Å². The summed E-state index contributed by atoms with van der Waals surface area (Å²) in [5.74, 6) is 1.21. The van der Waals surface area contributed by atoms with Crippen molar-refractivity contribution in [3.63, 3.8) is 0 Å². The van der Waals surface area contributed by atoms with Gasteiger partial charge in [-0.2, -0.15) is 5.10 Å². The number of non-ortho nitro benzene ring substituents is 1. The van der Waals surface area contributed by atoms with Crippen molar-refractivity contribution in [2.24, 2.45) is 5.10 Å². The average Bonchev–Trinajstić information content (AvgIpc) is 2.83. The van der Waals surface area contributed by atoms with Gasteiger partial charge < -0.3 is 14.2 Å². The van der Waals surface area contributed by atoms with E-state index in [0.717, 1.165) is 6.07 Å². The molecule has 3 aromatic carbocycles.